The molecule has 1 heterocycles. The van der Waals surface area contributed by atoms with Gasteiger partial charge in [0.25, 0.3) is 0 Å². The number of rotatable bonds is 5. The largest absolute Gasteiger partial charge is 0.311 e. The topological polar surface area (TPSA) is 15.3 Å². The van der Waals surface area contributed by atoms with Gasteiger partial charge in [-0.3, -0.25) is 0 Å². The van der Waals surface area contributed by atoms with Crippen LogP contribution < -0.4 is 5.32 Å². The highest BCUT2D eigenvalue weighted by molar-refractivity contribution is 6.20. The maximum absolute atomic E-state index is 6.08. The molecule has 0 amide bonds. The van der Waals surface area contributed by atoms with Crippen molar-refractivity contribution in [1.29, 1.82) is 0 Å². The van der Waals surface area contributed by atoms with Crippen LogP contribution in [0, 0.1) is 0 Å². The number of likely N-dealkylation sites (tertiary alicyclic amines) is 1. The van der Waals surface area contributed by atoms with Gasteiger partial charge in [-0.2, -0.15) is 0 Å². The lowest BCUT2D eigenvalue weighted by molar-refractivity contribution is 0.231. The van der Waals surface area contributed by atoms with E-state index in [0.717, 1.165) is 45.6 Å². The number of nitrogens with zero attached hydrogens (tertiary/aromatic N) is 1. The van der Waals surface area contributed by atoms with Crippen molar-refractivity contribution in [2.75, 3.05) is 26.2 Å². The standard InChI is InChI=1S/C14H21ClN2/c15-14-6-9-17(10-7-14)11-8-16-12-13-4-2-1-3-5-13/h1-5,14,16H,6-12H2. The van der Waals surface area contributed by atoms with Crippen LogP contribution in [0.2, 0.25) is 0 Å². The lowest BCUT2D eigenvalue weighted by atomic mass is 10.1. The number of alkyl halides is 1. The molecule has 1 saturated heterocycles. The number of halogens is 1. The van der Waals surface area contributed by atoms with E-state index in [1.165, 1.54) is 5.56 Å². The van der Waals surface area contributed by atoms with Crippen molar-refractivity contribution in [1.82, 2.24) is 10.2 Å². The van der Waals surface area contributed by atoms with E-state index >= 15 is 0 Å². The molecule has 2 rings (SSSR count). The van der Waals surface area contributed by atoms with Gasteiger partial charge in [0, 0.05) is 25.0 Å². The van der Waals surface area contributed by atoms with E-state index in [-0.39, 0.29) is 0 Å². The maximum atomic E-state index is 6.08. The Balaban J connectivity index is 1.57. The Hall–Kier alpha value is -0.570. The highest BCUT2D eigenvalue weighted by Gasteiger charge is 2.15. The van der Waals surface area contributed by atoms with Crippen LogP contribution in [-0.4, -0.2) is 36.5 Å². The first-order chi connectivity index (χ1) is 8.34. The summed E-state index contributed by atoms with van der Waals surface area (Å²) in [5, 5.41) is 3.89. The second kappa shape index (κ2) is 7.00. The van der Waals surface area contributed by atoms with Crippen LogP contribution in [0.15, 0.2) is 30.3 Å². The summed E-state index contributed by atoms with van der Waals surface area (Å²) in [6, 6.07) is 10.5. The molecule has 0 unspecified atom stereocenters. The first-order valence-electron chi connectivity index (χ1n) is 6.45. The summed E-state index contributed by atoms with van der Waals surface area (Å²) in [5.74, 6) is 0. The Morgan fingerprint density at radius 3 is 2.59 bits per heavy atom. The SMILES string of the molecule is ClC1CCN(CCNCc2ccccc2)CC1. The summed E-state index contributed by atoms with van der Waals surface area (Å²) in [5.41, 5.74) is 1.35. The van der Waals surface area contributed by atoms with Crippen LogP contribution in [0.4, 0.5) is 0 Å². The molecule has 0 saturated carbocycles. The predicted octanol–water partition coefficient (Wildman–Crippen LogP) is 2.48. The van der Waals surface area contributed by atoms with Crippen molar-refractivity contribution >= 4 is 11.6 Å². The second-order valence-electron chi connectivity index (χ2n) is 4.68. The third-order valence-electron chi connectivity index (χ3n) is 3.29. The fourth-order valence-electron chi connectivity index (χ4n) is 2.19. The van der Waals surface area contributed by atoms with E-state index < -0.39 is 0 Å². The quantitative estimate of drug-likeness (QED) is 0.640. The van der Waals surface area contributed by atoms with Gasteiger partial charge in [-0.25, -0.2) is 0 Å². The first-order valence-corrected chi connectivity index (χ1v) is 6.89. The summed E-state index contributed by atoms with van der Waals surface area (Å²) < 4.78 is 0. The van der Waals surface area contributed by atoms with Gasteiger partial charge in [0.15, 0.2) is 0 Å². The molecule has 1 N–H and O–H groups in total. The molecule has 1 aliphatic rings. The smallest absolute Gasteiger partial charge is 0.0360 e. The van der Waals surface area contributed by atoms with E-state index in [1.54, 1.807) is 0 Å². The first kappa shape index (κ1) is 12.9. The van der Waals surface area contributed by atoms with Crippen LogP contribution in [0.1, 0.15) is 18.4 Å². The lowest BCUT2D eigenvalue weighted by Crippen LogP contribution is -2.38. The normalized spacial score (nSPS) is 18.4. The third-order valence-corrected chi connectivity index (χ3v) is 3.73. The van der Waals surface area contributed by atoms with Crippen LogP contribution in [0.25, 0.3) is 0 Å². The Morgan fingerprint density at radius 2 is 1.88 bits per heavy atom. The second-order valence-corrected chi connectivity index (χ2v) is 5.30. The molecule has 3 heteroatoms. The number of benzene rings is 1. The highest BCUT2D eigenvalue weighted by atomic mass is 35.5. The van der Waals surface area contributed by atoms with Crippen molar-refractivity contribution in [3.8, 4) is 0 Å². The molecular weight excluding hydrogens is 232 g/mol. The molecular formula is C14H21ClN2. The minimum absolute atomic E-state index is 0.406. The van der Waals surface area contributed by atoms with E-state index in [4.69, 9.17) is 11.6 Å². The Morgan fingerprint density at radius 1 is 1.18 bits per heavy atom. The average Bonchev–Trinajstić information content (AvgIpc) is 2.38. The zero-order chi connectivity index (χ0) is 11.9. The van der Waals surface area contributed by atoms with Gasteiger partial charge in [0.2, 0.25) is 0 Å². The molecule has 0 atom stereocenters. The summed E-state index contributed by atoms with van der Waals surface area (Å²) in [6.45, 7) is 5.47. The molecule has 0 aliphatic carbocycles. The minimum Gasteiger partial charge on any atom is -0.311 e. The summed E-state index contributed by atoms with van der Waals surface area (Å²) in [7, 11) is 0. The van der Waals surface area contributed by atoms with Gasteiger partial charge >= 0.3 is 0 Å². The van der Waals surface area contributed by atoms with Crippen molar-refractivity contribution in [3.05, 3.63) is 35.9 Å². The van der Waals surface area contributed by atoms with E-state index in [2.05, 4.69) is 40.5 Å². The molecule has 0 radical (unpaired) electrons. The van der Waals surface area contributed by atoms with Crippen LogP contribution in [0.3, 0.4) is 0 Å². The molecule has 1 aliphatic heterocycles. The van der Waals surface area contributed by atoms with Crippen molar-refractivity contribution in [3.63, 3.8) is 0 Å². The molecule has 1 fully saturated rings. The average molecular weight is 253 g/mol. The molecule has 0 spiro atoms. The number of nitrogens with one attached hydrogen (secondary N) is 1. The van der Waals surface area contributed by atoms with Crippen LogP contribution in [-0.2, 0) is 6.54 Å². The predicted molar refractivity (Wildman–Crippen MR) is 73.5 cm³/mol. The molecule has 2 nitrogen and oxygen atoms in total. The van der Waals surface area contributed by atoms with Gasteiger partial charge in [-0.1, -0.05) is 30.3 Å². The van der Waals surface area contributed by atoms with Crippen LogP contribution >= 0.6 is 11.6 Å². The summed E-state index contributed by atoms with van der Waals surface area (Å²) >= 11 is 6.08. The van der Waals surface area contributed by atoms with Gasteiger partial charge in [0.1, 0.15) is 0 Å². The fourth-order valence-corrected chi connectivity index (χ4v) is 2.39. The molecule has 1 aromatic carbocycles. The Bertz CT molecular complexity index is 307. The monoisotopic (exact) mass is 252 g/mol. The van der Waals surface area contributed by atoms with E-state index in [9.17, 15) is 0 Å². The highest BCUT2D eigenvalue weighted by Crippen LogP contribution is 2.14. The minimum atomic E-state index is 0.406. The van der Waals surface area contributed by atoms with Gasteiger partial charge in [-0.15, -0.1) is 11.6 Å². The molecule has 94 valence electrons. The number of hydrogen-bond acceptors (Lipinski definition) is 2. The zero-order valence-electron chi connectivity index (χ0n) is 10.2. The number of hydrogen-bond donors (Lipinski definition) is 1. The van der Waals surface area contributed by atoms with Gasteiger partial charge in [0.05, 0.1) is 0 Å². The van der Waals surface area contributed by atoms with Gasteiger partial charge < -0.3 is 10.2 Å². The lowest BCUT2D eigenvalue weighted by Gasteiger charge is -2.29. The third kappa shape index (κ3) is 4.66. The Labute approximate surface area is 109 Å². The van der Waals surface area contributed by atoms with Crippen molar-refractivity contribution < 1.29 is 0 Å². The van der Waals surface area contributed by atoms with Crippen molar-refractivity contribution in [2.24, 2.45) is 0 Å². The fraction of sp³-hybridized carbons (Fsp3) is 0.571. The van der Waals surface area contributed by atoms with Crippen LogP contribution in [0.5, 0.6) is 0 Å². The summed E-state index contributed by atoms with van der Waals surface area (Å²) in [4.78, 5) is 2.50. The molecule has 0 aromatic heterocycles. The molecule has 0 bridgehead atoms. The molecule has 1 aromatic rings. The Kier molecular flexibility index (Phi) is 5.30. The van der Waals surface area contributed by atoms with E-state index in [0.29, 0.717) is 5.38 Å². The molecule has 17 heavy (non-hydrogen) atoms. The van der Waals surface area contributed by atoms with Crippen molar-refractivity contribution in [2.45, 2.75) is 24.8 Å². The zero-order valence-corrected chi connectivity index (χ0v) is 11.0. The maximum Gasteiger partial charge on any atom is 0.0360 e. The van der Waals surface area contributed by atoms with Gasteiger partial charge in [-0.05, 0) is 31.5 Å². The summed E-state index contributed by atoms with van der Waals surface area (Å²) in [6.07, 6.45) is 2.28. The number of piperidine rings is 1. The van der Waals surface area contributed by atoms with E-state index in [1.807, 2.05) is 0 Å².